The molecule has 1 saturated heterocycles. The molecule has 9 heteroatoms. The van der Waals surface area contributed by atoms with Gasteiger partial charge in [-0.05, 0) is 18.6 Å². The van der Waals surface area contributed by atoms with Crippen molar-refractivity contribution >= 4 is 44.9 Å². The van der Waals surface area contributed by atoms with Crippen LogP contribution in [0.15, 0.2) is 17.0 Å². The first-order valence-corrected chi connectivity index (χ1v) is 8.17. The molecule has 1 amide bonds. The maximum absolute atomic E-state index is 12.6. The minimum atomic E-state index is -4.10. The van der Waals surface area contributed by atoms with Crippen LogP contribution in [0.4, 0.5) is 0 Å². The van der Waals surface area contributed by atoms with E-state index in [1.165, 1.54) is 11.9 Å². The Bertz CT molecular complexity index is 731. The Balaban J connectivity index is 2.61. The molecule has 1 aromatic carbocycles. The lowest BCUT2D eigenvalue weighted by atomic mass is 10.2. The van der Waals surface area contributed by atoms with Gasteiger partial charge in [0.2, 0.25) is 5.91 Å². The molecule has 0 radical (unpaired) electrons. The molecule has 1 atom stereocenters. The number of amides is 1. The van der Waals surface area contributed by atoms with E-state index < -0.39 is 42.4 Å². The first-order valence-electron chi connectivity index (χ1n) is 5.87. The number of carboxylic acids is 1. The molecule has 1 aliphatic heterocycles. The fraction of sp³-hybridized carbons (Fsp3) is 0.333. The van der Waals surface area contributed by atoms with Crippen molar-refractivity contribution in [3.63, 3.8) is 0 Å². The minimum Gasteiger partial charge on any atom is -0.478 e. The first-order chi connectivity index (χ1) is 9.66. The SMILES string of the molecule is CN1CCC(S(=O)(=O)c2cc(Cl)cc(C(=O)O)c2Cl)C1=O. The molecule has 1 aromatic rings. The van der Waals surface area contributed by atoms with E-state index in [2.05, 4.69) is 0 Å². The summed E-state index contributed by atoms with van der Waals surface area (Å²) in [7, 11) is -2.60. The third-order valence-electron chi connectivity index (χ3n) is 3.29. The highest BCUT2D eigenvalue weighted by Gasteiger charge is 2.41. The molecular weight excluding hydrogens is 341 g/mol. The highest BCUT2D eigenvalue weighted by Crippen LogP contribution is 2.34. The summed E-state index contributed by atoms with van der Waals surface area (Å²) in [6.07, 6.45) is 0.128. The average molecular weight is 352 g/mol. The van der Waals surface area contributed by atoms with Crippen LogP contribution in [-0.2, 0) is 14.6 Å². The van der Waals surface area contributed by atoms with E-state index in [1.807, 2.05) is 0 Å². The van der Waals surface area contributed by atoms with E-state index in [-0.39, 0.29) is 11.4 Å². The molecule has 1 aliphatic rings. The number of carbonyl (C=O) groups excluding carboxylic acids is 1. The summed E-state index contributed by atoms with van der Waals surface area (Å²) in [5.74, 6) is -1.93. The number of sulfone groups is 1. The molecule has 1 heterocycles. The van der Waals surface area contributed by atoms with Crippen LogP contribution in [0.2, 0.25) is 10.0 Å². The molecule has 1 unspecified atom stereocenters. The highest BCUT2D eigenvalue weighted by atomic mass is 35.5. The Morgan fingerprint density at radius 3 is 2.48 bits per heavy atom. The van der Waals surface area contributed by atoms with Crippen LogP contribution in [0.25, 0.3) is 0 Å². The number of benzene rings is 1. The van der Waals surface area contributed by atoms with E-state index in [0.717, 1.165) is 12.1 Å². The summed E-state index contributed by atoms with van der Waals surface area (Å²) in [6.45, 7) is 0.312. The van der Waals surface area contributed by atoms with Gasteiger partial charge >= 0.3 is 5.97 Å². The number of hydrogen-bond acceptors (Lipinski definition) is 4. The molecular formula is C12H11Cl2NO5S. The fourth-order valence-corrected chi connectivity index (χ4v) is 4.77. The number of aromatic carboxylic acids is 1. The highest BCUT2D eigenvalue weighted by molar-refractivity contribution is 7.93. The number of hydrogen-bond donors (Lipinski definition) is 1. The van der Waals surface area contributed by atoms with Gasteiger partial charge in [0.25, 0.3) is 0 Å². The Morgan fingerprint density at radius 1 is 1.38 bits per heavy atom. The molecule has 2 rings (SSSR count). The number of carboxylic acid groups (broad SMARTS) is 1. The van der Waals surface area contributed by atoms with Gasteiger partial charge in [0, 0.05) is 18.6 Å². The number of nitrogens with zero attached hydrogens (tertiary/aromatic N) is 1. The number of likely N-dealkylation sites (tertiary alicyclic amines) is 1. The molecule has 0 saturated carbocycles. The lowest BCUT2D eigenvalue weighted by Gasteiger charge is -2.14. The molecule has 6 nitrogen and oxygen atoms in total. The maximum atomic E-state index is 12.6. The molecule has 0 bridgehead atoms. The molecule has 114 valence electrons. The summed E-state index contributed by atoms with van der Waals surface area (Å²) < 4.78 is 25.1. The summed E-state index contributed by atoms with van der Waals surface area (Å²) in [4.78, 5) is 23.8. The van der Waals surface area contributed by atoms with Crippen molar-refractivity contribution in [2.75, 3.05) is 13.6 Å². The Kier molecular flexibility index (Phi) is 4.19. The summed E-state index contributed by atoms with van der Waals surface area (Å²) in [6, 6.07) is 2.13. The smallest absolute Gasteiger partial charge is 0.337 e. The summed E-state index contributed by atoms with van der Waals surface area (Å²) >= 11 is 11.6. The first kappa shape index (κ1) is 16.1. The Labute approximate surface area is 131 Å². The van der Waals surface area contributed by atoms with Crippen LogP contribution in [0.1, 0.15) is 16.8 Å². The van der Waals surface area contributed by atoms with Gasteiger partial charge in [-0.3, -0.25) is 4.79 Å². The quantitative estimate of drug-likeness (QED) is 0.894. The van der Waals surface area contributed by atoms with Gasteiger partial charge in [-0.25, -0.2) is 13.2 Å². The summed E-state index contributed by atoms with van der Waals surface area (Å²) in [5.41, 5.74) is -0.415. The van der Waals surface area contributed by atoms with Crippen LogP contribution in [0.5, 0.6) is 0 Å². The van der Waals surface area contributed by atoms with Crippen LogP contribution in [-0.4, -0.2) is 49.1 Å². The monoisotopic (exact) mass is 351 g/mol. The number of halogens is 2. The largest absolute Gasteiger partial charge is 0.478 e. The van der Waals surface area contributed by atoms with Crippen molar-refractivity contribution < 1.29 is 23.1 Å². The fourth-order valence-electron chi connectivity index (χ4n) is 2.16. The second-order valence-electron chi connectivity index (χ2n) is 4.65. The molecule has 0 spiro atoms. The molecule has 0 aliphatic carbocycles. The van der Waals surface area contributed by atoms with Crippen molar-refractivity contribution in [1.82, 2.24) is 4.90 Å². The van der Waals surface area contributed by atoms with Crippen molar-refractivity contribution in [3.8, 4) is 0 Å². The van der Waals surface area contributed by atoms with Crippen molar-refractivity contribution in [2.45, 2.75) is 16.6 Å². The van der Waals surface area contributed by atoms with Gasteiger partial charge in [-0.2, -0.15) is 0 Å². The van der Waals surface area contributed by atoms with E-state index in [1.54, 1.807) is 0 Å². The maximum Gasteiger partial charge on any atom is 0.337 e. The predicted molar refractivity (Wildman–Crippen MR) is 76.6 cm³/mol. The van der Waals surface area contributed by atoms with E-state index in [0.29, 0.717) is 6.54 Å². The number of carbonyl (C=O) groups is 2. The second-order valence-corrected chi connectivity index (χ2v) is 7.57. The van der Waals surface area contributed by atoms with Crippen LogP contribution < -0.4 is 0 Å². The zero-order chi connectivity index (χ0) is 15.9. The second kappa shape index (κ2) is 5.47. The van der Waals surface area contributed by atoms with Crippen molar-refractivity contribution in [2.24, 2.45) is 0 Å². The van der Waals surface area contributed by atoms with E-state index >= 15 is 0 Å². The summed E-state index contributed by atoms with van der Waals surface area (Å²) in [5, 5.41) is 7.25. The lowest BCUT2D eigenvalue weighted by molar-refractivity contribution is -0.126. The van der Waals surface area contributed by atoms with E-state index in [4.69, 9.17) is 28.3 Å². The van der Waals surface area contributed by atoms with Gasteiger partial charge in [0.15, 0.2) is 9.84 Å². The molecule has 21 heavy (non-hydrogen) atoms. The topological polar surface area (TPSA) is 91.8 Å². The standard InChI is InChI=1S/C12H11Cl2NO5S/c1-15-3-2-8(11(15)16)21(19,20)9-5-6(13)4-7(10(9)14)12(17)18/h4-5,8H,2-3H2,1H3,(H,17,18). The van der Waals surface area contributed by atoms with Crippen molar-refractivity contribution in [1.29, 1.82) is 0 Å². The Hall–Kier alpha value is -1.31. The van der Waals surface area contributed by atoms with Crippen LogP contribution >= 0.6 is 23.2 Å². The van der Waals surface area contributed by atoms with Crippen LogP contribution in [0.3, 0.4) is 0 Å². The average Bonchev–Trinajstić information content (AvgIpc) is 2.72. The normalized spacial score (nSPS) is 19.1. The number of rotatable bonds is 3. The molecule has 1 fully saturated rings. The molecule has 0 aromatic heterocycles. The van der Waals surface area contributed by atoms with Gasteiger partial charge in [0.1, 0.15) is 5.25 Å². The zero-order valence-electron chi connectivity index (χ0n) is 10.8. The van der Waals surface area contributed by atoms with Gasteiger partial charge in [-0.1, -0.05) is 23.2 Å². The Morgan fingerprint density at radius 2 is 2.00 bits per heavy atom. The van der Waals surface area contributed by atoms with Gasteiger partial charge in [-0.15, -0.1) is 0 Å². The third-order valence-corrected chi connectivity index (χ3v) is 6.15. The van der Waals surface area contributed by atoms with Crippen molar-refractivity contribution in [3.05, 3.63) is 27.7 Å². The van der Waals surface area contributed by atoms with Gasteiger partial charge in [0.05, 0.1) is 15.5 Å². The minimum absolute atomic E-state index is 0.0748. The van der Waals surface area contributed by atoms with Crippen LogP contribution in [0, 0.1) is 0 Å². The predicted octanol–water partition coefficient (Wildman–Crippen LogP) is 1.70. The lowest BCUT2D eigenvalue weighted by Crippen LogP contribution is -2.32. The van der Waals surface area contributed by atoms with Gasteiger partial charge < -0.3 is 10.0 Å². The third kappa shape index (κ3) is 2.73. The zero-order valence-corrected chi connectivity index (χ0v) is 13.2. The molecule has 1 N–H and O–H groups in total. The van der Waals surface area contributed by atoms with E-state index in [9.17, 15) is 18.0 Å².